The number of aryl methyl sites for hydroxylation is 1. The highest BCUT2D eigenvalue weighted by molar-refractivity contribution is 7.91. The average molecular weight is 539 g/mol. The molecule has 0 radical (unpaired) electrons. The van der Waals surface area contributed by atoms with Crippen molar-refractivity contribution in [1.29, 1.82) is 0 Å². The van der Waals surface area contributed by atoms with Crippen molar-refractivity contribution in [2.45, 2.75) is 42.7 Å². The van der Waals surface area contributed by atoms with Crippen LogP contribution in [0.4, 0.5) is 22.0 Å². The zero-order valence-electron chi connectivity index (χ0n) is 19.5. The molecule has 1 aliphatic carbocycles. The van der Waals surface area contributed by atoms with E-state index in [0.717, 1.165) is 18.4 Å². The third-order valence-electron chi connectivity index (χ3n) is 6.23. The molecular formula is C23H19F5N6O2S. The number of hydrogen-bond acceptors (Lipinski definition) is 7. The van der Waals surface area contributed by atoms with Crippen molar-refractivity contribution >= 4 is 21.0 Å². The molecule has 1 saturated carbocycles. The maximum atomic E-state index is 13.9. The minimum Gasteiger partial charge on any atom is -0.310 e. The predicted octanol–water partition coefficient (Wildman–Crippen LogP) is 4.81. The van der Waals surface area contributed by atoms with Crippen molar-refractivity contribution < 1.29 is 30.4 Å². The Morgan fingerprint density at radius 1 is 1.03 bits per heavy atom. The summed E-state index contributed by atoms with van der Waals surface area (Å²) in [5, 5.41) is 8.11. The minimum atomic E-state index is -5.82. The van der Waals surface area contributed by atoms with Crippen LogP contribution in [0, 0.1) is 0 Å². The van der Waals surface area contributed by atoms with E-state index in [1.807, 2.05) is 6.07 Å². The van der Waals surface area contributed by atoms with Crippen LogP contribution in [-0.4, -0.2) is 50.1 Å². The van der Waals surface area contributed by atoms with Crippen LogP contribution < -0.4 is 0 Å². The van der Waals surface area contributed by atoms with Gasteiger partial charge in [0, 0.05) is 25.0 Å². The summed E-state index contributed by atoms with van der Waals surface area (Å²) in [5.74, 6) is -5.09. The van der Waals surface area contributed by atoms with Crippen LogP contribution in [0.3, 0.4) is 0 Å². The molecule has 0 bridgehead atoms. The maximum Gasteiger partial charge on any atom is 0.458 e. The molecule has 0 saturated heterocycles. The van der Waals surface area contributed by atoms with Crippen molar-refractivity contribution in [3.63, 3.8) is 0 Å². The fourth-order valence-corrected chi connectivity index (χ4v) is 4.99. The molecular weight excluding hydrogens is 519 g/mol. The lowest BCUT2D eigenvalue weighted by Gasteiger charge is -2.19. The molecule has 8 nitrogen and oxygen atoms in total. The zero-order chi connectivity index (χ0) is 26.8. The van der Waals surface area contributed by atoms with Gasteiger partial charge in [-0.1, -0.05) is 6.92 Å². The van der Waals surface area contributed by atoms with Gasteiger partial charge in [0.2, 0.25) is 0 Å². The van der Waals surface area contributed by atoms with Crippen LogP contribution in [0.2, 0.25) is 0 Å². The molecule has 37 heavy (non-hydrogen) atoms. The molecule has 1 aliphatic rings. The van der Waals surface area contributed by atoms with Gasteiger partial charge in [-0.15, -0.1) is 0 Å². The summed E-state index contributed by atoms with van der Waals surface area (Å²) in [7, 11) is -2.45. The third-order valence-corrected chi connectivity index (χ3v) is 7.97. The highest BCUT2D eigenvalue weighted by Crippen LogP contribution is 2.44. The number of hydrogen-bond donors (Lipinski definition) is 0. The first kappa shape index (κ1) is 25.1. The summed E-state index contributed by atoms with van der Waals surface area (Å²) in [5.41, 5.74) is 0.0499. The van der Waals surface area contributed by atoms with Gasteiger partial charge in [0.25, 0.3) is 0 Å². The standard InChI is InChI=1S/C23H19F5N6O2S/c1-3-37(35,36)18-7-14(16-6-13(10-31-33-16)12-4-5-12)9-29-19(18)21-32-17-8-15(11-30-20(17)34(21)2)22(24,25)23(26,27)28/h6-12H,3-5H2,1-2H3. The number of alkyl halides is 5. The van der Waals surface area contributed by atoms with E-state index in [9.17, 15) is 30.4 Å². The van der Waals surface area contributed by atoms with Crippen LogP contribution >= 0.6 is 0 Å². The Labute approximate surface area is 207 Å². The second-order valence-electron chi connectivity index (χ2n) is 8.76. The molecule has 5 rings (SSSR count). The number of pyridine rings is 2. The minimum absolute atomic E-state index is 0.0227. The van der Waals surface area contributed by atoms with Gasteiger partial charge in [-0.3, -0.25) is 4.98 Å². The van der Waals surface area contributed by atoms with Gasteiger partial charge in [-0.25, -0.2) is 18.4 Å². The van der Waals surface area contributed by atoms with Gasteiger partial charge in [0.15, 0.2) is 21.3 Å². The van der Waals surface area contributed by atoms with E-state index in [4.69, 9.17) is 0 Å². The van der Waals surface area contributed by atoms with Gasteiger partial charge in [-0.05, 0) is 42.5 Å². The largest absolute Gasteiger partial charge is 0.458 e. The van der Waals surface area contributed by atoms with Crippen LogP contribution in [0.1, 0.15) is 36.8 Å². The van der Waals surface area contributed by atoms with Crippen molar-refractivity contribution in [3.05, 3.63) is 47.9 Å². The van der Waals surface area contributed by atoms with Crippen LogP contribution in [-0.2, 0) is 22.8 Å². The molecule has 0 unspecified atom stereocenters. The summed E-state index contributed by atoms with van der Waals surface area (Å²) in [6.07, 6.45) is -0.271. The number of rotatable bonds is 6. The Kier molecular flexibility index (Phi) is 5.77. The summed E-state index contributed by atoms with van der Waals surface area (Å²) >= 11 is 0. The molecule has 4 aromatic heterocycles. The number of halogens is 5. The summed E-state index contributed by atoms with van der Waals surface area (Å²) in [6, 6.07) is 3.80. The summed E-state index contributed by atoms with van der Waals surface area (Å²) in [4.78, 5) is 12.0. The molecule has 194 valence electrons. The fraction of sp³-hybridized carbons (Fsp3) is 0.348. The third kappa shape index (κ3) is 4.32. The number of sulfone groups is 1. The van der Waals surface area contributed by atoms with Crippen LogP contribution in [0.5, 0.6) is 0 Å². The predicted molar refractivity (Wildman–Crippen MR) is 122 cm³/mol. The normalized spacial score (nSPS) is 14.9. The second kappa shape index (κ2) is 8.50. The smallest absolute Gasteiger partial charge is 0.310 e. The SMILES string of the molecule is CCS(=O)(=O)c1cc(-c2cc(C3CC3)cnn2)cnc1-c1nc2cc(C(F)(F)C(F)(F)F)cnc2n1C. The topological polar surface area (TPSA) is 104 Å². The fourth-order valence-electron chi connectivity index (χ4n) is 3.93. The molecule has 0 spiro atoms. The average Bonchev–Trinajstić information content (AvgIpc) is 3.67. The number of fused-ring (bicyclic) bond motifs is 1. The first-order valence-corrected chi connectivity index (χ1v) is 12.8. The van der Waals surface area contributed by atoms with Gasteiger partial charge in [0.05, 0.1) is 28.1 Å². The summed E-state index contributed by atoms with van der Waals surface area (Å²) in [6.45, 7) is 1.45. The Bertz CT molecular complexity index is 1630. The van der Waals surface area contributed by atoms with Crippen LogP contribution in [0.15, 0.2) is 41.7 Å². The molecule has 0 N–H and O–H groups in total. The monoisotopic (exact) mass is 538 g/mol. The second-order valence-corrected chi connectivity index (χ2v) is 11.0. The van der Waals surface area contributed by atoms with Crippen molar-refractivity contribution in [2.75, 3.05) is 5.75 Å². The maximum absolute atomic E-state index is 13.9. The molecule has 14 heteroatoms. The van der Waals surface area contributed by atoms with E-state index < -0.39 is 27.5 Å². The zero-order valence-corrected chi connectivity index (χ0v) is 20.3. The molecule has 0 atom stereocenters. The van der Waals surface area contributed by atoms with Gasteiger partial charge >= 0.3 is 12.1 Å². The first-order valence-electron chi connectivity index (χ1n) is 11.2. The highest BCUT2D eigenvalue weighted by atomic mass is 32.2. The Morgan fingerprint density at radius 3 is 2.41 bits per heavy atom. The molecule has 0 amide bonds. The Hall–Kier alpha value is -3.55. The Morgan fingerprint density at radius 2 is 1.76 bits per heavy atom. The lowest BCUT2D eigenvalue weighted by Crippen LogP contribution is -2.33. The van der Waals surface area contributed by atoms with Crippen molar-refractivity contribution in [1.82, 2.24) is 29.7 Å². The molecule has 4 heterocycles. The van der Waals surface area contributed by atoms with Crippen molar-refractivity contribution in [3.8, 4) is 22.8 Å². The van der Waals surface area contributed by atoms with E-state index in [0.29, 0.717) is 29.4 Å². The van der Waals surface area contributed by atoms with Crippen LogP contribution in [0.25, 0.3) is 33.9 Å². The molecule has 0 aliphatic heterocycles. The van der Waals surface area contributed by atoms with E-state index in [-0.39, 0.29) is 33.3 Å². The van der Waals surface area contributed by atoms with E-state index in [1.54, 1.807) is 6.20 Å². The lowest BCUT2D eigenvalue weighted by atomic mass is 10.1. The quantitative estimate of drug-likeness (QED) is 0.325. The number of aromatic nitrogens is 6. The Balaban J connectivity index is 1.66. The summed E-state index contributed by atoms with van der Waals surface area (Å²) < 4.78 is 93.7. The number of nitrogens with zero attached hydrogens (tertiary/aromatic N) is 6. The molecule has 0 aromatic carbocycles. The van der Waals surface area contributed by atoms with Crippen molar-refractivity contribution in [2.24, 2.45) is 7.05 Å². The van der Waals surface area contributed by atoms with E-state index in [2.05, 4.69) is 25.1 Å². The van der Waals surface area contributed by atoms with Gasteiger partial charge < -0.3 is 4.57 Å². The highest BCUT2D eigenvalue weighted by Gasteiger charge is 2.59. The van der Waals surface area contributed by atoms with E-state index in [1.165, 1.54) is 30.8 Å². The van der Waals surface area contributed by atoms with Gasteiger partial charge in [-0.2, -0.15) is 32.1 Å². The molecule has 4 aromatic rings. The lowest BCUT2D eigenvalue weighted by molar-refractivity contribution is -0.289. The molecule has 1 fully saturated rings. The van der Waals surface area contributed by atoms with E-state index >= 15 is 0 Å². The first-order chi connectivity index (χ1) is 17.3. The number of imidazole rings is 1. The van der Waals surface area contributed by atoms with Gasteiger partial charge in [0.1, 0.15) is 11.2 Å².